The van der Waals surface area contributed by atoms with E-state index in [0.29, 0.717) is 44.9 Å². The minimum Gasteiger partial charge on any atom is -0.462 e. The van der Waals surface area contributed by atoms with Crippen LogP contribution in [0.2, 0.25) is 0 Å². The van der Waals surface area contributed by atoms with E-state index in [9.17, 15) is 9.59 Å². The predicted octanol–water partition coefficient (Wildman–Crippen LogP) is 6.67. The van der Waals surface area contributed by atoms with Crippen LogP contribution in [0.3, 0.4) is 0 Å². The van der Waals surface area contributed by atoms with Gasteiger partial charge in [0.25, 0.3) is 0 Å². The first kappa shape index (κ1) is 32.2. The van der Waals surface area contributed by atoms with E-state index in [4.69, 9.17) is 23.9 Å². The van der Waals surface area contributed by atoms with Crippen LogP contribution in [0.5, 0.6) is 0 Å². The largest absolute Gasteiger partial charge is 0.462 e. The highest BCUT2D eigenvalue weighted by atomic mass is 16.6. The van der Waals surface area contributed by atoms with Crippen molar-refractivity contribution in [3.05, 3.63) is 61.1 Å². The maximum atomic E-state index is 12.4. The highest BCUT2D eigenvalue weighted by Crippen LogP contribution is 2.33. The number of furan rings is 1. The van der Waals surface area contributed by atoms with Crippen LogP contribution in [0.4, 0.5) is 21.1 Å². The van der Waals surface area contributed by atoms with Crippen molar-refractivity contribution in [3.63, 3.8) is 0 Å². The fourth-order valence-electron chi connectivity index (χ4n) is 5.79. The maximum absolute atomic E-state index is 12.4. The normalized spacial score (nSPS) is 16.0. The minimum absolute atomic E-state index is 0.253. The number of benzene rings is 1. The van der Waals surface area contributed by atoms with Crippen molar-refractivity contribution in [2.45, 2.75) is 52.7 Å². The molecule has 1 aromatic carbocycles. The Hall–Kier alpha value is -4.80. The number of pyridine rings is 2. The quantitative estimate of drug-likeness (QED) is 0.242. The predicted molar refractivity (Wildman–Crippen MR) is 183 cm³/mol. The lowest BCUT2D eigenvalue weighted by Gasteiger charge is -2.36. The highest BCUT2D eigenvalue weighted by Gasteiger charge is 2.27. The second kappa shape index (κ2) is 12.8. The molecule has 0 radical (unpaired) electrons. The molecule has 0 bridgehead atoms. The SMILES string of the molecule is CC(C)(C)OC(=O)N1CCN(c2ccc(-c3cnc4c(-c5ccc(N6CCN(C(=O)OC(C)(C)C)CC6)nc5)coc4c3)cc2)CC1. The molecule has 0 unspecified atom stereocenters. The number of rotatable bonds is 4. The summed E-state index contributed by atoms with van der Waals surface area (Å²) in [6, 6.07) is 14.5. The Morgan fingerprint density at radius 3 is 1.72 bits per heavy atom. The number of aromatic nitrogens is 2. The Bertz CT molecular complexity index is 1710. The number of nitrogens with zero attached hydrogens (tertiary/aromatic N) is 6. The van der Waals surface area contributed by atoms with E-state index in [1.807, 2.05) is 72.1 Å². The van der Waals surface area contributed by atoms with Gasteiger partial charge in [0.15, 0.2) is 5.58 Å². The number of hydrogen-bond donors (Lipinski definition) is 0. The lowest BCUT2D eigenvalue weighted by Crippen LogP contribution is -2.50. The summed E-state index contributed by atoms with van der Waals surface area (Å²) in [5.74, 6) is 0.869. The van der Waals surface area contributed by atoms with Gasteiger partial charge in [0.2, 0.25) is 0 Å². The minimum atomic E-state index is -0.505. The van der Waals surface area contributed by atoms with E-state index in [1.165, 1.54) is 0 Å². The van der Waals surface area contributed by atoms with Crippen LogP contribution in [0.15, 0.2) is 65.5 Å². The molecule has 6 rings (SSSR count). The monoisotopic (exact) mass is 640 g/mol. The van der Waals surface area contributed by atoms with Crippen LogP contribution in [-0.4, -0.2) is 95.5 Å². The molecule has 3 aromatic heterocycles. The Morgan fingerprint density at radius 1 is 0.660 bits per heavy atom. The number of ether oxygens (including phenoxy) is 2. The maximum Gasteiger partial charge on any atom is 0.410 e. The Labute approximate surface area is 276 Å². The van der Waals surface area contributed by atoms with Crippen molar-refractivity contribution < 1.29 is 23.5 Å². The average Bonchev–Trinajstić information content (AvgIpc) is 3.47. The zero-order valence-electron chi connectivity index (χ0n) is 28.2. The van der Waals surface area contributed by atoms with Crippen LogP contribution in [0.25, 0.3) is 33.4 Å². The molecule has 2 saturated heterocycles. The van der Waals surface area contributed by atoms with Crippen LogP contribution in [-0.2, 0) is 9.47 Å². The molecule has 2 amide bonds. The van der Waals surface area contributed by atoms with Crippen molar-refractivity contribution in [2.75, 3.05) is 62.2 Å². The Morgan fingerprint density at radius 2 is 1.19 bits per heavy atom. The van der Waals surface area contributed by atoms with Gasteiger partial charge in [0, 0.05) is 87.1 Å². The zero-order valence-corrected chi connectivity index (χ0v) is 28.2. The molecule has 0 saturated carbocycles. The second-order valence-electron chi connectivity index (χ2n) is 14.1. The molecule has 0 spiro atoms. The van der Waals surface area contributed by atoms with E-state index >= 15 is 0 Å². The van der Waals surface area contributed by atoms with E-state index in [0.717, 1.165) is 52.4 Å². The van der Waals surface area contributed by atoms with Crippen LogP contribution in [0.1, 0.15) is 41.5 Å². The summed E-state index contributed by atoms with van der Waals surface area (Å²) < 4.78 is 17.0. The molecule has 11 nitrogen and oxygen atoms in total. The fraction of sp³-hybridized carbons (Fsp3) is 0.444. The molecule has 0 N–H and O–H groups in total. The second-order valence-corrected chi connectivity index (χ2v) is 14.1. The molecule has 248 valence electrons. The number of amides is 2. The first-order valence-corrected chi connectivity index (χ1v) is 16.2. The highest BCUT2D eigenvalue weighted by molar-refractivity contribution is 5.92. The standard InChI is InChI=1S/C36H44N6O5/c1-35(2,3)46-33(43)41-17-13-39(14-18-41)28-10-7-25(8-11-28)27-21-30-32(38-23-27)29(24-45-30)26-9-12-31(37-22-26)40-15-19-42(20-16-40)34(44)47-36(4,5)6/h7-12,21-24H,13-20H2,1-6H3. The third kappa shape index (κ3) is 7.61. The molecule has 4 aromatic rings. The first-order valence-electron chi connectivity index (χ1n) is 16.2. The molecule has 2 aliphatic heterocycles. The smallest absolute Gasteiger partial charge is 0.410 e. The molecule has 11 heteroatoms. The van der Waals surface area contributed by atoms with Gasteiger partial charge in [-0.2, -0.15) is 0 Å². The van der Waals surface area contributed by atoms with E-state index in [-0.39, 0.29) is 12.2 Å². The summed E-state index contributed by atoms with van der Waals surface area (Å²) in [7, 11) is 0. The molecular formula is C36H44N6O5. The van der Waals surface area contributed by atoms with E-state index in [2.05, 4.69) is 34.1 Å². The Kier molecular flexibility index (Phi) is 8.74. The summed E-state index contributed by atoms with van der Waals surface area (Å²) in [5.41, 5.74) is 5.45. The molecule has 47 heavy (non-hydrogen) atoms. The van der Waals surface area contributed by atoms with Crippen molar-refractivity contribution in [1.82, 2.24) is 19.8 Å². The summed E-state index contributed by atoms with van der Waals surface area (Å²) in [6.45, 7) is 16.6. The molecule has 2 aliphatic rings. The molecule has 2 fully saturated rings. The molecule has 0 atom stereocenters. The van der Waals surface area contributed by atoms with Crippen LogP contribution in [0, 0.1) is 0 Å². The van der Waals surface area contributed by atoms with Gasteiger partial charge in [0.05, 0.1) is 0 Å². The summed E-state index contributed by atoms with van der Waals surface area (Å²) in [6.07, 6.45) is 4.94. The van der Waals surface area contributed by atoms with Crippen LogP contribution >= 0.6 is 0 Å². The molecule has 5 heterocycles. The topological polar surface area (TPSA) is 104 Å². The molecular weight excluding hydrogens is 596 g/mol. The van der Waals surface area contributed by atoms with Crippen molar-refractivity contribution in [2.24, 2.45) is 0 Å². The lowest BCUT2D eigenvalue weighted by atomic mass is 10.1. The van der Waals surface area contributed by atoms with Crippen LogP contribution < -0.4 is 9.80 Å². The number of fused-ring (bicyclic) bond motifs is 1. The van der Waals surface area contributed by atoms with Gasteiger partial charge in [-0.25, -0.2) is 14.6 Å². The van der Waals surface area contributed by atoms with E-state index in [1.54, 1.807) is 16.1 Å². The van der Waals surface area contributed by atoms with Gasteiger partial charge in [-0.05, 0) is 77.4 Å². The van der Waals surface area contributed by atoms with Gasteiger partial charge < -0.3 is 33.5 Å². The Balaban J connectivity index is 1.06. The first-order chi connectivity index (χ1) is 22.3. The zero-order chi connectivity index (χ0) is 33.3. The number of hydrogen-bond acceptors (Lipinski definition) is 9. The molecule has 0 aliphatic carbocycles. The number of carbonyl (C=O) groups excluding carboxylic acids is 2. The van der Waals surface area contributed by atoms with Gasteiger partial charge >= 0.3 is 12.2 Å². The third-order valence-corrected chi connectivity index (χ3v) is 8.22. The van der Waals surface area contributed by atoms with E-state index < -0.39 is 11.2 Å². The van der Waals surface area contributed by atoms with Crippen molar-refractivity contribution in [1.29, 1.82) is 0 Å². The lowest BCUT2D eigenvalue weighted by molar-refractivity contribution is 0.0230. The van der Waals surface area contributed by atoms with Gasteiger partial charge in [-0.1, -0.05) is 12.1 Å². The summed E-state index contributed by atoms with van der Waals surface area (Å²) >= 11 is 0. The number of carbonyl (C=O) groups is 2. The number of piperazine rings is 2. The van der Waals surface area contributed by atoms with Gasteiger partial charge in [0.1, 0.15) is 28.8 Å². The summed E-state index contributed by atoms with van der Waals surface area (Å²) in [5, 5.41) is 0. The summed E-state index contributed by atoms with van der Waals surface area (Å²) in [4.78, 5) is 42.3. The van der Waals surface area contributed by atoms with Crippen molar-refractivity contribution in [3.8, 4) is 22.3 Å². The van der Waals surface area contributed by atoms with Gasteiger partial charge in [-0.15, -0.1) is 0 Å². The third-order valence-electron chi connectivity index (χ3n) is 8.22. The van der Waals surface area contributed by atoms with Gasteiger partial charge in [-0.3, -0.25) is 4.98 Å². The average molecular weight is 641 g/mol. The van der Waals surface area contributed by atoms with Crippen molar-refractivity contribution >= 4 is 34.8 Å². The fourth-order valence-corrected chi connectivity index (χ4v) is 5.79. The number of anilines is 2.